The second-order valence-corrected chi connectivity index (χ2v) is 4.61. The molecule has 0 aliphatic heterocycles. The molecule has 1 aromatic carbocycles. The zero-order valence-electron chi connectivity index (χ0n) is 12.1. The average molecular weight is 288 g/mol. The Bertz CT molecular complexity index is 535. The maximum absolute atomic E-state index is 12.2. The van der Waals surface area contributed by atoms with E-state index in [2.05, 4.69) is 11.2 Å². The van der Waals surface area contributed by atoms with E-state index >= 15 is 0 Å². The number of nitrogens with one attached hydrogen (secondary N) is 1. The third kappa shape index (κ3) is 5.57. The maximum Gasteiger partial charge on any atom is 0.322 e. The number of carboxylic acids is 1. The summed E-state index contributed by atoms with van der Waals surface area (Å²) in [5, 5.41) is 11.6. The smallest absolute Gasteiger partial charge is 0.322 e. The predicted molar refractivity (Wildman–Crippen MR) is 82.1 cm³/mol. The molecule has 5 nitrogen and oxygen atoms in total. The van der Waals surface area contributed by atoms with Crippen molar-refractivity contribution < 1.29 is 14.7 Å². The molecule has 0 saturated heterocycles. The van der Waals surface area contributed by atoms with Crippen molar-refractivity contribution in [2.75, 3.05) is 18.4 Å². The molecule has 2 N–H and O–H groups in total. The topological polar surface area (TPSA) is 69.6 Å². The van der Waals surface area contributed by atoms with Gasteiger partial charge in [0.15, 0.2) is 0 Å². The normalized spacial score (nSPS) is 9.71. The van der Waals surface area contributed by atoms with Gasteiger partial charge in [-0.3, -0.25) is 4.79 Å². The lowest BCUT2D eigenvalue weighted by Gasteiger charge is -2.21. The van der Waals surface area contributed by atoms with Crippen molar-refractivity contribution in [1.29, 1.82) is 0 Å². The summed E-state index contributed by atoms with van der Waals surface area (Å²) in [4.78, 5) is 24.4. The first-order valence-corrected chi connectivity index (χ1v) is 6.87. The fraction of sp³-hybridized carbons (Fsp3) is 0.375. The van der Waals surface area contributed by atoms with E-state index in [1.807, 2.05) is 19.1 Å². The van der Waals surface area contributed by atoms with E-state index in [1.54, 1.807) is 17.0 Å². The number of carbonyl (C=O) groups is 2. The minimum Gasteiger partial charge on any atom is -0.481 e. The molecule has 0 fully saturated rings. The van der Waals surface area contributed by atoms with Crippen LogP contribution in [0.5, 0.6) is 0 Å². The lowest BCUT2D eigenvalue weighted by molar-refractivity contribution is -0.136. The van der Waals surface area contributed by atoms with E-state index < -0.39 is 5.97 Å². The van der Waals surface area contributed by atoms with Crippen molar-refractivity contribution in [3.63, 3.8) is 0 Å². The minimum atomic E-state index is -0.865. The van der Waals surface area contributed by atoms with Gasteiger partial charge in [-0.15, -0.1) is 6.42 Å². The van der Waals surface area contributed by atoms with E-state index in [4.69, 9.17) is 11.5 Å². The molecule has 0 radical (unpaired) electrons. The van der Waals surface area contributed by atoms with Crippen LogP contribution in [-0.4, -0.2) is 35.1 Å². The quantitative estimate of drug-likeness (QED) is 0.758. The second-order valence-electron chi connectivity index (χ2n) is 4.61. The van der Waals surface area contributed by atoms with Gasteiger partial charge in [0, 0.05) is 18.7 Å². The molecule has 1 rings (SSSR count). The molecule has 2 amide bonds. The number of benzene rings is 1. The molecule has 0 spiro atoms. The first-order valence-electron chi connectivity index (χ1n) is 6.87. The van der Waals surface area contributed by atoms with Crippen LogP contribution in [0.25, 0.3) is 0 Å². The Morgan fingerprint density at radius 2 is 2.10 bits per heavy atom. The van der Waals surface area contributed by atoms with Crippen LogP contribution >= 0.6 is 0 Å². The summed E-state index contributed by atoms with van der Waals surface area (Å²) in [7, 11) is 0. The number of urea groups is 1. The van der Waals surface area contributed by atoms with E-state index in [1.165, 1.54) is 0 Å². The first-order chi connectivity index (χ1) is 10.1. The van der Waals surface area contributed by atoms with Crippen molar-refractivity contribution in [3.8, 4) is 12.3 Å². The van der Waals surface area contributed by atoms with Gasteiger partial charge in [0.2, 0.25) is 0 Å². The van der Waals surface area contributed by atoms with Gasteiger partial charge in [-0.05, 0) is 24.5 Å². The lowest BCUT2D eigenvalue weighted by atomic mass is 10.1. The van der Waals surface area contributed by atoms with Gasteiger partial charge in [-0.2, -0.15) is 0 Å². The molecule has 0 atom stereocenters. The fourth-order valence-electron chi connectivity index (χ4n) is 1.93. The molecule has 0 aliphatic carbocycles. The summed E-state index contributed by atoms with van der Waals surface area (Å²) in [6, 6.07) is 6.92. The third-order valence-corrected chi connectivity index (χ3v) is 2.93. The van der Waals surface area contributed by atoms with Gasteiger partial charge in [-0.1, -0.05) is 31.0 Å². The SMILES string of the molecule is C#CCN(CCC)C(=O)Nc1ccccc1CCC(=O)O. The van der Waals surface area contributed by atoms with Crippen LogP contribution in [0.3, 0.4) is 0 Å². The number of amides is 2. The average Bonchev–Trinajstić information content (AvgIpc) is 2.46. The molecule has 0 aliphatic rings. The Hall–Kier alpha value is -2.48. The van der Waals surface area contributed by atoms with Crippen LogP contribution in [0.15, 0.2) is 24.3 Å². The van der Waals surface area contributed by atoms with Gasteiger partial charge in [0.1, 0.15) is 0 Å². The van der Waals surface area contributed by atoms with Crippen molar-refractivity contribution in [3.05, 3.63) is 29.8 Å². The fourth-order valence-corrected chi connectivity index (χ4v) is 1.93. The summed E-state index contributed by atoms with van der Waals surface area (Å²) >= 11 is 0. The standard InChI is InChI=1S/C16H20N2O3/c1-3-11-18(12-4-2)16(21)17-14-8-6-5-7-13(14)9-10-15(19)20/h1,5-8H,4,9-12H2,2H3,(H,17,21)(H,19,20). The molecular weight excluding hydrogens is 268 g/mol. The highest BCUT2D eigenvalue weighted by Crippen LogP contribution is 2.17. The zero-order chi connectivity index (χ0) is 15.7. The molecule has 21 heavy (non-hydrogen) atoms. The highest BCUT2D eigenvalue weighted by molar-refractivity contribution is 5.90. The van der Waals surface area contributed by atoms with Crippen molar-refractivity contribution in [1.82, 2.24) is 4.90 Å². The Kier molecular flexibility index (Phi) is 6.82. The largest absolute Gasteiger partial charge is 0.481 e. The number of hydrogen-bond acceptors (Lipinski definition) is 2. The highest BCUT2D eigenvalue weighted by atomic mass is 16.4. The molecule has 0 saturated carbocycles. The summed E-state index contributed by atoms with van der Waals surface area (Å²) in [6.45, 7) is 2.79. The Balaban J connectivity index is 2.79. The molecular formula is C16H20N2O3. The van der Waals surface area contributed by atoms with Crippen LogP contribution in [0, 0.1) is 12.3 Å². The number of carboxylic acid groups (broad SMARTS) is 1. The zero-order valence-corrected chi connectivity index (χ0v) is 12.1. The van der Waals surface area contributed by atoms with Gasteiger partial charge in [-0.25, -0.2) is 4.79 Å². The van der Waals surface area contributed by atoms with Crippen LogP contribution in [0.4, 0.5) is 10.5 Å². The Morgan fingerprint density at radius 1 is 1.38 bits per heavy atom. The number of carbonyl (C=O) groups excluding carboxylic acids is 1. The van der Waals surface area contributed by atoms with E-state index in [0.717, 1.165) is 12.0 Å². The van der Waals surface area contributed by atoms with Crippen molar-refractivity contribution in [2.24, 2.45) is 0 Å². The van der Waals surface area contributed by atoms with Crippen LogP contribution in [0.2, 0.25) is 0 Å². The summed E-state index contributed by atoms with van der Waals surface area (Å²) in [5.74, 6) is 1.60. The molecule has 1 aromatic rings. The maximum atomic E-state index is 12.2. The second kappa shape index (κ2) is 8.64. The number of anilines is 1. The molecule has 112 valence electrons. The number of hydrogen-bond donors (Lipinski definition) is 2. The van der Waals surface area contributed by atoms with Gasteiger partial charge in [0.05, 0.1) is 6.54 Å². The van der Waals surface area contributed by atoms with Crippen LogP contribution in [-0.2, 0) is 11.2 Å². The number of para-hydroxylation sites is 1. The summed E-state index contributed by atoms with van der Waals surface area (Å²) in [6.07, 6.45) is 6.47. The van der Waals surface area contributed by atoms with E-state index in [9.17, 15) is 9.59 Å². The summed E-state index contributed by atoms with van der Waals surface area (Å²) < 4.78 is 0. The van der Waals surface area contributed by atoms with Gasteiger partial charge in [0.25, 0.3) is 0 Å². The first kappa shape index (κ1) is 16.6. The molecule has 5 heteroatoms. The molecule has 0 heterocycles. The van der Waals surface area contributed by atoms with Gasteiger partial charge < -0.3 is 15.3 Å². The van der Waals surface area contributed by atoms with Gasteiger partial charge >= 0.3 is 12.0 Å². The van der Waals surface area contributed by atoms with Crippen LogP contribution in [0.1, 0.15) is 25.3 Å². The lowest BCUT2D eigenvalue weighted by Crippen LogP contribution is -2.36. The number of aryl methyl sites for hydroxylation is 1. The number of terminal acetylenes is 1. The Morgan fingerprint density at radius 3 is 2.71 bits per heavy atom. The Labute approximate surface area is 125 Å². The van der Waals surface area contributed by atoms with Crippen molar-refractivity contribution >= 4 is 17.7 Å². The number of rotatable bonds is 7. The predicted octanol–water partition coefficient (Wildman–Crippen LogP) is 2.58. The monoisotopic (exact) mass is 288 g/mol. The van der Waals surface area contributed by atoms with Crippen molar-refractivity contribution in [2.45, 2.75) is 26.2 Å². The van der Waals surface area contributed by atoms with E-state index in [0.29, 0.717) is 18.7 Å². The minimum absolute atomic E-state index is 0.0237. The third-order valence-electron chi connectivity index (χ3n) is 2.93. The molecule has 0 bridgehead atoms. The molecule has 0 unspecified atom stereocenters. The van der Waals surface area contributed by atoms with E-state index in [-0.39, 0.29) is 19.0 Å². The molecule has 0 aromatic heterocycles. The number of nitrogens with zero attached hydrogens (tertiary/aromatic N) is 1. The number of aliphatic carboxylic acids is 1. The summed E-state index contributed by atoms with van der Waals surface area (Å²) in [5.41, 5.74) is 1.42. The van der Waals surface area contributed by atoms with Crippen LogP contribution < -0.4 is 5.32 Å². The highest BCUT2D eigenvalue weighted by Gasteiger charge is 2.13.